The van der Waals surface area contributed by atoms with Crippen molar-refractivity contribution in [3.63, 3.8) is 0 Å². The number of ketones is 1. The fourth-order valence-corrected chi connectivity index (χ4v) is 2.00. The van der Waals surface area contributed by atoms with E-state index in [-0.39, 0.29) is 11.7 Å². The average Bonchev–Trinajstić information content (AvgIpc) is 2.90. The van der Waals surface area contributed by atoms with Crippen LogP contribution >= 0.6 is 0 Å². The molecule has 0 spiro atoms. The van der Waals surface area contributed by atoms with Crippen LogP contribution in [0, 0.1) is 0 Å². The number of hydrogen-bond donors (Lipinski definition) is 0. The molecule has 0 saturated carbocycles. The van der Waals surface area contributed by atoms with Gasteiger partial charge in [0, 0.05) is 31.4 Å². The Kier molecular flexibility index (Phi) is 2.99. The van der Waals surface area contributed by atoms with E-state index < -0.39 is 0 Å². The summed E-state index contributed by atoms with van der Waals surface area (Å²) in [5, 5.41) is 0. The van der Waals surface area contributed by atoms with Gasteiger partial charge < -0.3 is 9.32 Å². The second-order valence-corrected chi connectivity index (χ2v) is 4.76. The van der Waals surface area contributed by atoms with Gasteiger partial charge in [0.1, 0.15) is 5.52 Å². The normalized spacial score (nSPS) is 10.7. The van der Waals surface area contributed by atoms with Crippen LogP contribution in [0.5, 0.6) is 0 Å². The lowest BCUT2D eigenvalue weighted by Gasteiger charge is -2.10. The molecule has 4 heteroatoms. The van der Waals surface area contributed by atoms with Gasteiger partial charge in [0.05, 0.1) is 0 Å². The smallest absolute Gasteiger partial charge is 0.269 e. The van der Waals surface area contributed by atoms with Crippen molar-refractivity contribution >= 4 is 22.6 Å². The van der Waals surface area contributed by atoms with Crippen LogP contribution in [0.15, 0.2) is 52.9 Å². The van der Waals surface area contributed by atoms with E-state index in [0.717, 1.165) is 5.69 Å². The molecule has 0 bridgehead atoms. The third-order valence-electron chi connectivity index (χ3n) is 3.12. The number of benzene rings is 2. The van der Waals surface area contributed by atoms with Crippen molar-refractivity contribution in [2.24, 2.45) is 0 Å². The molecule has 1 heterocycles. The van der Waals surface area contributed by atoms with E-state index in [4.69, 9.17) is 4.42 Å². The van der Waals surface area contributed by atoms with Crippen molar-refractivity contribution in [1.29, 1.82) is 0 Å². The number of carbonyl (C=O) groups is 1. The van der Waals surface area contributed by atoms with Crippen LogP contribution in [0.25, 0.3) is 11.1 Å². The summed E-state index contributed by atoms with van der Waals surface area (Å²) in [5.74, 6) is -0.0738. The van der Waals surface area contributed by atoms with Crippen molar-refractivity contribution in [1.82, 2.24) is 4.98 Å². The number of hydrogen-bond acceptors (Lipinski definition) is 4. The summed E-state index contributed by atoms with van der Waals surface area (Å²) in [5.41, 5.74) is 2.89. The molecule has 0 amide bonds. The van der Waals surface area contributed by atoms with E-state index in [9.17, 15) is 4.79 Å². The molecule has 100 valence electrons. The highest BCUT2D eigenvalue weighted by Crippen LogP contribution is 2.22. The van der Waals surface area contributed by atoms with Crippen molar-refractivity contribution in [3.05, 3.63) is 60.0 Å². The summed E-state index contributed by atoms with van der Waals surface area (Å²) in [7, 11) is 3.90. The molecule has 3 aromatic rings. The molecule has 20 heavy (non-hydrogen) atoms. The standard InChI is InChI=1S/C16H14N2O2/c1-18(2)12-8-9-13-14(10-12)20-16(17-13)15(19)11-6-4-3-5-7-11/h3-10H,1-2H3. The second kappa shape index (κ2) is 4.81. The highest BCUT2D eigenvalue weighted by atomic mass is 16.4. The summed E-state index contributed by atoms with van der Waals surface area (Å²) < 4.78 is 5.59. The number of aromatic nitrogens is 1. The Morgan fingerprint density at radius 3 is 2.55 bits per heavy atom. The fourth-order valence-electron chi connectivity index (χ4n) is 2.00. The molecule has 0 unspecified atom stereocenters. The number of anilines is 1. The molecule has 0 atom stereocenters. The molecule has 0 aliphatic carbocycles. The molecule has 0 radical (unpaired) electrons. The van der Waals surface area contributed by atoms with Gasteiger partial charge in [0.25, 0.3) is 5.89 Å². The van der Waals surface area contributed by atoms with Crippen molar-refractivity contribution in [2.45, 2.75) is 0 Å². The second-order valence-electron chi connectivity index (χ2n) is 4.76. The zero-order valence-corrected chi connectivity index (χ0v) is 11.3. The number of carbonyl (C=O) groups excluding carboxylic acids is 1. The molecular formula is C16H14N2O2. The maximum atomic E-state index is 12.3. The molecular weight excluding hydrogens is 252 g/mol. The summed E-state index contributed by atoms with van der Waals surface area (Å²) in [4.78, 5) is 18.5. The highest BCUT2D eigenvalue weighted by Gasteiger charge is 2.16. The molecule has 0 aliphatic rings. The molecule has 0 aliphatic heterocycles. The summed E-state index contributed by atoms with van der Waals surface area (Å²) in [6, 6.07) is 14.7. The first-order valence-corrected chi connectivity index (χ1v) is 6.33. The van der Waals surface area contributed by atoms with Gasteiger partial charge in [-0.05, 0) is 12.1 Å². The molecule has 0 N–H and O–H groups in total. The van der Waals surface area contributed by atoms with Gasteiger partial charge in [0.15, 0.2) is 5.58 Å². The fraction of sp³-hybridized carbons (Fsp3) is 0.125. The Morgan fingerprint density at radius 1 is 1.10 bits per heavy atom. The first kappa shape index (κ1) is 12.4. The Hall–Kier alpha value is -2.62. The third kappa shape index (κ3) is 2.16. The molecule has 0 saturated heterocycles. The van der Waals surface area contributed by atoms with Gasteiger partial charge >= 0.3 is 0 Å². The van der Waals surface area contributed by atoms with E-state index in [2.05, 4.69) is 4.98 Å². The van der Waals surface area contributed by atoms with Crippen LogP contribution in [0.3, 0.4) is 0 Å². The number of oxazole rings is 1. The lowest BCUT2D eigenvalue weighted by molar-refractivity contribution is 0.100. The van der Waals surface area contributed by atoms with Crippen LogP contribution in [0.4, 0.5) is 5.69 Å². The van der Waals surface area contributed by atoms with Gasteiger partial charge in [0.2, 0.25) is 5.78 Å². The first-order chi connectivity index (χ1) is 9.65. The SMILES string of the molecule is CN(C)c1ccc2nc(C(=O)c3ccccc3)oc2c1. The van der Waals surface area contributed by atoms with E-state index >= 15 is 0 Å². The topological polar surface area (TPSA) is 46.3 Å². The van der Waals surface area contributed by atoms with Gasteiger partial charge in [-0.3, -0.25) is 4.79 Å². The first-order valence-electron chi connectivity index (χ1n) is 6.33. The number of nitrogens with zero attached hydrogens (tertiary/aromatic N) is 2. The third-order valence-corrected chi connectivity index (χ3v) is 3.12. The zero-order chi connectivity index (χ0) is 14.1. The van der Waals surface area contributed by atoms with Gasteiger partial charge in [-0.15, -0.1) is 0 Å². The largest absolute Gasteiger partial charge is 0.433 e. The Labute approximate surface area is 116 Å². The molecule has 1 aromatic heterocycles. The lowest BCUT2D eigenvalue weighted by atomic mass is 10.1. The van der Waals surface area contributed by atoms with Crippen molar-refractivity contribution in [2.75, 3.05) is 19.0 Å². The van der Waals surface area contributed by atoms with Crippen LogP contribution in [0.2, 0.25) is 0 Å². The monoisotopic (exact) mass is 266 g/mol. The minimum Gasteiger partial charge on any atom is -0.433 e. The van der Waals surface area contributed by atoms with E-state index in [1.54, 1.807) is 12.1 Å². The quantitative estimate of drug-likeness (QED) is 0.683. The summed E-state index contributed by atoms with van der Waals surface area (Å²) in [6.07, 6.45) is 0. The maximum Gasteiger partial charge on any atom is 0.269 e. The van der Waals surface area contributed by atoms with Crippen LogP contribution in [-0.2, 0) is 0 Å². The highest BCUT2D eigenvalue weighted by molar-refractivity contribution is 6.07. The van der Waals surface area contributed by atoms with Gasteiger partial charge in [-0.25, -0.2) is 4.98 Å². The van der Waals surface area contributed by atoms with E-state index in [1.165, 1.54) is 0 Å². The zero-order valence-electron chi connectivity index (χ0n) is 11.3. The van der Waals surface area contributed by atoms with Gasteiger partial charge in [-0.2, -0.15) is 0 Å². The molecule has 2 aromatic carbocycles. The van der Waals surface area contributed by atoms with E-state index in [1.807, 2.05) is 55.4 Å². The minimum atomic E-state index is -0.201. The lowest BCUT2D eigenvalue weighted by Crippen LogP contribution is -2.07. The van der Waals surface area contributed by atoms with Crippen molar-refractivity contribution < 1.29 is 9.21 Å². The summed E-state index contributed by atoms with van der Waals surface area (Å²) in [6.45, 7) is 0. The Balaban J connectivity index is 2.03. The molecule has 4 nitrogen and oxygen atoms in total. The number of fused-ring (bicyclic) bond motifs is 1. The van der Waals surface area contributed by atoms with E-state index in [0.29, 0.717) is 16.7 Å². The molecule has 0 fully saturated rings. The minimum absolute atomic E-state index is 0.127. The van der Waals surface area contributed by atoms with Crippen LogP contribution < -0.4 is 4.90 Å². The van der Waals surface area contributed by atoms with Crippen LogP contribution in [0.1, 0.15) is 16.2 Å². The predicted octanol–water partition coefficient (Wildman–Crippen LogP) is 3.12. The van der Waals surface area contributed by atoms with Crippen molar-refractivity contribution in [3.8, 4) is 0 Å². The Morgan fingerprint density at radius 2 is 1.85 bits per heavy atom. The van der Waals surface area contributed by atoms with Crippen LogP contribution in [-0.4, -0.2) is 24.9 Å². The summed E-state index contributed by atoms with van der Waals surface area (Å²) >= 11 is 0. The number of rotatable bonds is 3. The molecule has 3 rings (SSSR count). The Bertz CT molecular complexity index is 761. The predicted molar refractivity (Wildman–Crippen MR) is 78.2 cm³/mol. The average molecular weight is 266 g/mol. The maximum absolute atomic E-state index is 12.3. The van der Waals surface area contributed by atoms with Gasteiger partial charge in [-0.1, -0.05) is 30.3 Å².